The summed E-state index contributed by atoms with van der Waals surface area (Å²) in [5.74, 6) is -2.30. The van der Waals surface area contributed by atoms with Crippen LogP contribution in [0.1, 0.15) is 47.8 Å². The molecular formula is C23H23NO5. The first-order valence-electron chi connectivity index (χ1n) is 9.44. The predicted octanol–water partition coefficient (Wildman–Crippen LogP) is 3.90. The van der Waals surface area contributed by atoms with E-state index < -0.39 is 23.7 Å². The molecule has 2 aromatic carbocycles. The second-order valence-corrected chi connectivity index (χ2v) is 7.53. The van der Waals surface area contributed by atoms with Crippen LogP contribution in [0.15, 0.2) is 65.9 Å². The molecule has 0 saturated carbocycles. The number of hydrogen-bond acceptors (Lipinski definition) is 4. The summed E-state index contributed by atoms with van der Waals surface area (Å²) in [5, 5.41) is 19.6. The lowest BCUT2D eigenvalue weighted by molar-refractivity contribution is -0.130. The van der Waals surface area contributed by atoms with Crippen molar-refractivity contribution in [2.75, 3.05) is 0 Å². The molecule has 150 valence electrons. The number of aromatic carboxylic acids is 1. The largest absolute Gasteiger partial charge is 0.503 e. The summed E-state index contributed by atoms with van der Waals surface area (Å²) in [4.78, 5) is 38.2. The molecule has 0 fully saturated rings. The van der Waals surface area contributed by atoms with Gasteiger partial charge in [0.1, 0.15) is 0 Å². The molecule has 1 unspecified atom stereocenters. The van der Waals surface area contributed by atoms with Crippen molar-refractivity contribution in [3.63, 3.8) is 0 Å². The average molecular weight is 393 g/mol. The third kappa shape index (κ3) is 4.21. The highest BCUT2D eigenvalue weighted by Gasteiger charge is 2.43. The predicted molar refractivity (Wildman–Crippen MR) is 107 cm³/mol. The fraction of sp³-hybridized carbons (Fsp3) is 0.261. The van der Waals surface area contributed by atoms with Crippen LogP contribution >= 0.6 is 0 Å². The first-order chi connectivity index (χ1) is 13.8. The quantitative estimate of drug-likeness (QED) is 0.744. The molecule has 1 heterocycles. The van der Waals surface area contributed by atoms with Gasteiger partial charge in [-0.3, -0.25) is 9.59 Å². The van der Waals surface area contributed by atoms with Gasteiger partial charge in [0.2, 0.25) is 0 Å². The standard InChI is InChI=1S/C23H23NO5/c1-14(2)12-18(25)19-20(16-6-4-3-5-7-16)24(22(27)21(19)26)13-15-8-10-17(11-9-15)23(28)29/h3-11,14,20,26H,12-13H2,1-2H3,(H,28,29). The smallest absolute Gasteiger partial charge is 0.335 e. The number of rotatable bonds is 7. The minimum Gasteiger partial charge on any atom is -0.503 e. The second-order valence-electron chi connectivity index (χ2n) is 7.53. The monoisotopic (exact) mass is 393 g/mol. The van der Waals surface area contributed by atoms with Gasteiger partial charge in [0.05, 0.1) is 17.2 Å². The molecule has 0 aromatic heterocycles. The highest BCUT2D eigenvalue weighted by Crippen LogP contribution is 2.39. The number of Topliss-reactive ketones (excluding diaryl/α,β-unsaturated/α-hetero) is 1. The summed E-state index contributed by atoms with van der Waals surface area (Å²) >= 11 is 0. The lowest BCUT2D eigenvalue weighted by Crippen LogP contribution is -2.30. The van der Waals surface area contributed by atoms with E-state index in [1.54, 1.807) is 12.1 Å². The Morgan fingerprint density at radius 3 is 2.21 bits per heavy atom. The van der Waals surface area contributed by atoms with Crippen molar-refractivity contribution in [2.45, 2.75) is 32.9 Å². The van der Waals surface area contributed by atoms with Gasteiger partial charge in [-0.2, -0.15) is 0 Å². The molecular weight excluding hydrogens is 370 g/mol. The molecule has 0 spiro atoms. The highest BCUT2D eigenvalue weighted by atomic mass is 16.4. The number of carbonyl (C=O) groups is 3. The fourth-order valence-corrected chi connectivity index (χ4v) is 3.51. The second kappa shape index (κ2) is 8.31. The van der Waals surface area contributed by atoms with Gasteiger partial charge in [-0.1, -0.05) is 56.3 Å². The molecule has 1 aliphatic heterocycles. The average Bonchev–Trinajstić information content (AvgIpc) is 2.93. The zero-order valence-electron chi connectivity index (χ0n) is 16.3. The van der Waals surface area contributed by atoms with Crippen LogP contribution in [-0.2, 0) is 16.1 Å². The number of carboxylic acid groups (broad SMARTS) is 1. The molecule has 1 aliphatic rings. The third-order valence-corrected chi connectivity index (χ3v) is 4.87. The lowest BCUT2D eigenvalue weighted by Gasteiger charge is -2.27. The van der Waals surface area contributed by atoms with Crippen LogP contribution in [0, 0.1) is 5.92 Å². The topological polar surface area (TPSA) is 94.9 Å². The van der Waals surface area contributed by atoms with Crippen LogP contribution in [-0.4, -0.2) is 32.8 Å². The van der Waals surface area contributed by atoms with Crippen molar-refractivity contribution in [1.29, 1.82) is 0 Å². The number of amides is 1. The van der Waals surface area contributed by atoms with Crippen LogP contribution < -0.4 is 0 Å². The summed E-state index contributed by atoms with van der Waals surface area (Å²) in [6, 6.07) is 14.6. The Balaban J connectivity index is 1.98. The molecule has 1 amide bonds. The first-order valence-corrected chi connectivity index (χ1v) is 9.44. The Morgan fingerprint density at radius 2 is 1.66 bits per heavy atom. The minimum absolute atomic E-state index is 0.0898. The van der Waals surface area contributed by atoms with E-state index in [1.807, 2.05) is 44.2 Å². The molecule has 29 heavy (non-hydrogen) atoms. The maximum atomic E-state index is 12.9. The van der Waals surface area contributed by atoms with Gasteiger partial charge >= 0.3 is 5.97 Å². The van der Waals surface area contributed by atoms with Gasteiger partial charge in [0.15, 0.2) is 11.5 Å². The third-order valence-electron chi connectivity index (χ3n) is 4.87. The molecule has 0 radical (unpaired) electrons. The summed E-state index contributed by atoms with van der Waals surface area (Å²) in [7, 11) is 0. The van der Waals surface area contributed by atoms with E-state index in [9.17, 15) is 19.5 Å². The summed E-state index contributed by atoms with van der Waals surface area (Å²) < 4.78 is 0. The first kappa shape index (κ1) is 20.3. The molecule has 1 atom stereocenters. The SMILES string of the molecule is CC(C)CC(=O)C1=C(O)C(=O)N(Cc2ccc(C(=O)O)cc2)C1c1ccccc1. The van der Waals surface area contributed by atoms with E-state index in [4.69, 9.17) is 5.11 Å². The summed E-state index contributed by atoms with van der Waals surface area (Å²) in [6.07, 6.45) is 0.233. The van der Waals surface area contributed by atoms with Gasteiger partial charge in [0, 0.05) is 13.0 Å². The van der Waals surface area contributed by atoms with E-state index in [1.165, 1.54) is 17.0 Å². The van der Waals surface area contributed by atoms with Gasteiger partial charge in [-0.15, -0.1) is 0 Å². The number of aliphatic hydroxyl groups is 1. The zero-order valence-corrected chi connectivity index (χ0v) is 16.3. The number of ketones is 1. The number of carbonyl (C=O) groups excluding carboxylic acids is 2. The molecule has 6 nitrogen and oxygen atoms in total. The summed E-state index contributed by atoms with van der Waals surface area (Å²) in [5.41, 5.74) is 1.71. The van der Waals surface area contributed by atoms with Crippen molar-refractivity contribution in [1.82, 2.24) is 4.90 Å². The van der Waals surface area contributed by atoms with Crippen LogP contribution in [0.2, 0.25) is 0 Å². The maximum Gasteiger partial charge on any atom is 0.335 e. The van der Waals surface area contributed by atoms with Gasteiger partial charge in [0.25, 0.3) is 5.91 Å². The lowest BCUT2D eigenvalue weighted by atomic mass is 9.92. The number of hydrogen-bond donors (Lipinski definition) is 2. The van der Waals surface area contributed by atoms with Gasteiger partial charge in [-0.25, -0.2) is 4.79 Å². The van der Waals surface area contributed by atoms with Crippen LogP contribution in [0.5, 0.6) is 0 Å². The Hall–Kier alpha value is -3.41. The zero-order chi connectivity index (χ0) is 21.1. The Kier molecular flexibility index (Phi) is 5.82. The summed E-state index contributed by atoms with van der Waals surface area (Å²) in [6.45, 7) is 3.96. The van der Waals surface area contributed by atoms with Crippen molar-refractivity contribution in [2.24, 2.45) is 5.92 Å². The van der Waals surface area contributed by atoms with Crippen molar-refractivity contribution < 1.29 is 24.6 Å². The van der Waals surface area contributed by atoms with E-state index in [0.29, 0.717) is 5.56 Å². The van der Waals surface area contributed by atoms with Gasteiger partial charge < -0.3 is 15.1 Å². The molecule has 6 heteroatoms. The molecule has 2 N–H and O–H groups in total. The number of aliphatic hydroxyl groups excluding tert-OH is 1. The van der Waals surface area contributed by atoms with Crippen molar-refractivity contribution >= 4 is 17.7 Å². The Labute approximate surface area is 169 Å². The van der Waals surface area contributed by atoms with Gasteiger partial charge in [-0.05, 0) is 29.2 Å². The number of benzene rings is 2. The highest BCUT2D eigenvalue weighted by molar-refractivity contribution is 6.09. The van der Waals surface area contributed by atoms with E-state index >= 15 is 0 Å². The van der Waals surface area contributed by atoms with Crippen molar-refractivity contribution in [3.8, 4) is 0 Å². The van der Waals surface area contributed by atoms with E-state index in [-0.39, 0.29) is 35.8 Å². The minimum atomic E-state index is -1.03. The maximum absolute atomic E-state index is 12.9. The Morgan fingerprint density at radius 1 is 1.03 bits per heavy atom. The Bertz CT molecular complexity index is 961. The normalized spacial score (nSPS) is 16.6. The number of carboxylic acids is 1. The molecule has 0 aliphatic carbocycles. The molecule has 3 rings (SSSR count). The molecule has 2 aromatic rings. The van der Waals surface area contributed by atoms with Crippen LogP contribution in [0.3, 0.4) is 0 Å². The van der Waals surface area contributed by atoms with Crippen LogP contribution in [0.25, 0.3) is 0 Å². The molecule has 0 bridgehead atoms. The van der Waals surface area contributed by atoms with Crippen LogP contribution in [0.4, 0.5) is 0 Å². The van der Waals surface area contributed by atoms with E-state index in [0.717, 1.165) is 5.56 Å². The number of nitrogens with zero attached hydrogens (tertiary/aromatic N) is 1. The molecule has 0 saturated heterocycles. The van der Waals surface area contributed by atoms with E-state index in [2.05, 4.69) is 0 Å². The van der Waals surface area contributed by atoms with Crippen molar-refractivity contribution in [3.05, 3.63) is 82.6 Å². The fourth-order valence-electron chi connectivity index (χ4n) is 3.51.